The molecule has 0 heterocycles. The van der Waals surface area contributed by atoms with Crippen LogP contribution in [-0.2, 0) is 44.6 Å². The fraction of sp³-hybridized carbons (Fsp3) is 0.523. The number of carbonyl (C=O) groups is 4. The summed E-state index contributed by atoms with van der Waals surface area (Å²) >= 11 is 0. The van der Waals surface area contributed by atoms with Crippen LogP contribution in [0.3, 0.4) is 0 Å². The van der Waals surface area contributed by atoms with Crippen molar-refractivity contribution in [1.29, 1.82) is 0 Å². The van der Waals surface area contributed by atoms with Gasteiger partial charge in [0, 0.05) is 18.7 Å². The van der Waals surface area contributed by atoms with Gasteiger partial charge < -0.3 is 45.6 Å². The quantitative estimate of drug-likeness (QED) is 0.0300. The monoisotopic (exact) mass is 808 g/mol. The molecule has 0 unspecified atom stereocenters. The maximum Gasteiger partial charge on any atom is 0.328 e. The van der Waals surface area contributed by atoms with Gasteiger partial charge in [0.15, 0.2) is 6.61 Å². The zero-order valence-corrected chi connectivity index (χ0v) is 35.1. The molecular weight excluding hydrogens is 745 g/mol. The average Bonchev–Trinajstić information content (AvgIpc) is 3.15. The van der Waals surface area contributed by atoms with Gasteiger partial charge in [0.05, 0.1) is 32.1 Å². The summed E-state index contributed by atoms with van der Waals surface area (Å²) in [5.74, 6) is -2.60. The molecule has 1 aromatic carbocycles. The molecule has 0 aromatic heterocycles. The van der Waals surface area contributed by atoms with Crippen LogP contribution >= 0.6 is 0 Å². The number of nitrogens with one attached hydrogen (secondary N) is 2. The Labute approximate surface area is 343 Å². The van der Waals surface area contributed by atoms with Crippen LogP contribution in [0, 0.1) is 11.3 Å². The van der Waals surface area contributed by atoms with Gasteiger partial charge in [0.25, 0.3) is 11.8 Å². The SMILES string of the molecule is CC(C=CC1=C(C)C(=NOCC(=O)NCCOCCOCCOC(=O)[C@H](CC(C)C)NC(=O)[C@@H](O)[C@H](N)Cc2ccccc2)CCC1(C)C)=CC=CC(C)=CC(=O)O. The molecule has 0 bridgehead atoms. The Hall–Kier alpha value is -4.89. The number of aliphatic carboxylic acids is 1. The summed E-state index contributed by atoms with van der Waals surface area (Å²) in [6, 6.07) is 7.49. The van der Waals surface area contributed by atoms with E-state index in [-0.39, 0.29) is 63.4 Å². The summed E-state index contributed by atoms with van der Waals surface area (Å²) in [7, 11) is 0. The van der Waals surface area contributed by atoms with Crippen molar-refractivity contribution in [2.75, 3.05) is 46.2 Å². The van der Waals surface area contributed by atoms with E-state index in [0.29, 0.717) is 18.4 Å². The third-order valence-electron chi connectivity index (χ3n) is 9.21. The topological polar surface area (TPSA) is 208 Å². The number of nitrogens with zero attached hydrogens (tertiary/aromatic N) is 1. The second-order valence-corrected chi connectivity index (χ2v) is 15.3. The number of esters is 1. The van der Waals surface area contributed by atoms with Crippen LogP contribution in [-0.4, -0.2) is 104 Å². The van der Waals surface area contributed by atoms with Crippen molar-refractivity contribution in [1.82, 2.24) is 10.6 Å². The number of carbonyl (C=O) groups excluding carboxylic acids is 3. The van der Waals surface area contributed by atoms with E-state index in [4.69, 9.17) is 29.9 Å². The van der Waals surface area contributed by atoms with Crippen LogP contribution in [0.1, 0.15) is 73.3 Å². The second-order valence-electron chi connectivity index (χ2n) is 15.3. The number of allylic oxidation sites excluding steroid dienone is 9. The summed E-state index contributed by atoms with van der Waals surface area (Å²) in [5.41, 5.74) is 11.4. The highest BCUT2D eigenvalue weighted by Gasteiger charge is 2.31. The van der Waals surface area contributed by atoms with Crippen LogP contribution < -0.4 is 16.4 Å². The van der Waals surface area contributed by atoms with Gasteiger partial charge in [-0.3, -0.25) is 9.59 Å². The molecular formula is C44H64N4O10. The normalized spacial score (nSPS) is 17.1. The molecule has 58 heavy (non-hydrogen) atoms. The summed E-state index contributed by atoms with van der Waals surface area (Å²) in [6.45, 7) is 14.8. The molecule has 0 saturated carbocycles. The highest BCUT2D eigenvalue weighted by Crippen LogP contribution is 2.40. The lowest BCUT2D eigenvalue weighted by atomic mass is 9.72. The molecule has 3 atom stereocenters. The Morgan fingerprint density at radius 2 is 1.66 bits per heavy atom. The van der Waals surface area contributed by atoms with E-state index >= 15 is 0 Å². The summed E-state index contributed by atoms with van der Waals surface area (Å²) in [5, 5.41) is 28.9. The van der Waals surface area contributed by atoms with Crippen LogP contribution in [0.15, 0.2) is 94.2 Å². The van der Waals surface area contributed by atoms with Crippen LogP contribution in [0.25, 0.3) is 0 Å². The van der Waals surface area contributed by atoms with Crippen molar-refractivity contribution in [2.24, 2.45) is 22.2 Å². The van der Waals surface area contributed by atoms with E-state index in [9.17, 15) is 24.3 Å². The van der Waals surface area contributed by atoms with Crippen molar-refractivity contribution in [2.45, 2.75) is 92.3 Å². The predicted octanol–water partition coefficient (Wildman–Crippen LogP) is 4.74. The molecule has 0 radical (unpaired) electrons. The number of rotatable bonds is 25. The Morgan fingerprint density at radius 3 is 2.33 bits per heavy atom. The van der Waals surface area contributed by atoms with Crippen molar-refractivity contribution in [3.05, 3.63) is 94.6 Å². The third kappa shape index (κ3) is 19.5. The number of amides is 2. The molecule has 0 fully saturated rings. The van der Waals surface area contributed by atoms with Crippen LogP contribution in [0.4, 0.5) is 0 Å². The van der Waals surface area contributed by atoms with Gasteiger partial charge in [0.1, 0.15) is 18.8 Å². The Bertz CT molecular complexity index is 1680. The van der Waals surface area contributed by atoms with Gasteiger partial charge in [-0.1, -0.05) is 99.1 Å². The molecule has 14 heteroatoms. The Balaban J connectivity index is 1.67. The molecule has 0 aliphatic heterocycles. The van der Waals surface area contributed by atoms with E-state index in [1.54, 1.807) is 13.0 Å². The standard InChI is InChI=1S/C44H64N4O10/c1-30(2)26-38(47-42(53)41(52)36(45)28-34-14-9-8-10-15-34)43(54)57-25-24-56-23-22-55-21-20-46-39(49)29-58-48-37-18-19-44(6,7)35(33(37)5)17-16-31(3)12-11-13-32(4)27-40(50)51/h8-17,27,30,36,38,41,52H,18-26,28-29,45H2,1-7H3,(H,46,49)(H,47,53)(H,50,51)/t36-,38+,41+/m1/s1. The molecule has 1 aliphatic rings. The van der Waals surface area contributed by atoms with Gasteiger partial charge in [0.2, 0.25) is 0 Å². The molecule has 0 spiro atoms. The van der Waals surface area contributed by atoms with Crippen molar-refractivity contribution in [3.63, 3.8) is 0 Å². The van der Waals surface area contributed by atoms with E-state index in [1.165, 1.54) is 0 Å². The molecule has 0 saturated heterocycles. The number of aliphatic hydroxyl groups excluding tert-OH is 1. The summed E-state index contributed by atoms with van der Waals surface area (Å²) < 4.78 is 16.3. The highest BCUT2D eigenvalue weighted by molar-refractivity contribution is 6.01. The fourth-order valence-corrected chi connectivity index (χ4v) is 5.99. The van der Waals surface area contributed by atoms with Gasteiger partial charge in [-0.2, -0.15) is 0 Å². The number of oxime groups is 1. The molecule has 2 amide bonds. The number of hydrogen-bond acceptors (Lipinski definition) is 11. The molecule has 1 aromatic rings. The Kier molecular flexibility index (Phi) is 22.2. The van der Waals surface area contributed by atoms with Crippen LogP contribution in [0.5, 0.6) is 0 Å². The first-order chi connectivity index (χ1) is 27.5. The lowest BCUT2D eigenvalue weighted by molar-refractivity contribution is -0.151. The number of hydrogen-bond donors (Lipinski definition) is 5. The first kappa shape index (κ1) is 49.3. The smallest absolute Gasteiger partial charge is 0.328 e. The molecule has 6 N–H and O–H groups in total. The van der Waals surface area contributed by atoms with Gasteiger partial charge in [-0.25, -0.2) is 9.59 Å². The zero-order valence-electron chi connectivity index (χ0n) is 35.1. The number of carboxylic acid groups (broad SMARTS) is 1. The van der Waals surface area contributed by atoms with Crippen molar-refractivity contribution < 1.29 is 48.4 Å². The lowest BCUT2D eigenvalue weighted by Gasteiger charge is -2.33. The number of aliphatic hydroxyl groups is 1. The maximum atomic E-state index is 12.8. The molecule has 1 aliphatic carbocycles. The van der Waals surface area contributed by atoms with E-state index in [2.05, 4.69) is 35.7 Å². The number of ether oxygens (including phenoxy) is 3. The van der Waals surface area contributed by atoms with E-state index in [1.807, 2.05) is 76.3 Å². The fourth-order valence-electron chi connectivity index (χ4n) is 5.99. The van der Waals surface area contributed by atoms with E-state index in [0.717, 1.165) is 46.9 Å². The minimum absolute atomic E-state index is 0.0314. The molecule has 14 nitrogen and oxygen atoms in total. The minimum Gasteiger partial charge on any atom is -0.478 e. The molecule has 2 rings (SSSR count). The first-order valence-corrected chi connectivity index (χ1v) is 19.7. The number of carboxylic acids is 1. The van der Waals surface area contributed by atoms with E-state index < -0.39 is 36.0 Å². The summed E-state index contributed by atoms with van der Waals surface area (Å²) in [6.07, 6.45) is 11.4. The zero-order chi connectivity index (χ0) is 43.1. The lowest BCUT2D eigenvalue weighted by Crippen LogP contribution is -2.52. The predicted molar refractivity (Wildman–Crippen MR) is 224 cm³/mol. The minimum atomic E-state index is -1.50. The van der Waals surface area contributed by atoms with Crippen molar-refractivity contribution >= 4 is 29.5 Å². The van der Waals surface area contributed by atoms with Gasteiger partial charge in [-0.15, -0.1) is 0 Å². The van der Waals surface area contributed by atoms with Crippen molar-refractivity contribution in [3.8, 4) is 0 Å². The number of nitrogens with two attached hydrogens (primary N) is 1. The first-order valence-electron chi connectivity index (χ1n) is 19.7. The highest BCUT2D eigenvalue weighted by atomic mass is 16.6. The largest absolute Gasteiger partial charge is 0.478 e. The molecule has 320 valence electrons. The van der Waals surface area contributed by atoms with Gasteiger partial charge in [-0.05, 0) is 80.1 Å². The number of benzene rings is 1. The second kappa shape index (κ2) is 26.2. The van der Waals surface area contributed by atoms with Gasteiger partial charge >= 0.3 is 11.9 Å². The third-order valence-corrected chi connectivity index (χ3v) is 9.21. The summed E-state index contributed by atoms with van der Waals surface area (Å²) in [4.78, 5) is 54.0. The average molecular weight is 809 g/mol. The van der Waals surface area contributed by atoms with Crippen LogP contribution in [0.2, 0.25) is 0 Å². The maximum absolute atomic E-state index is 12.8. The Morgan fingerprint density at radius 1 is 0.983 bits per heavy atom.